The largest absolute Gasteiger partial charge is 0.370 e. The summed E-state index contributed by atoms with van der Waals surface area (Å²) in [6.07, 6.45) is 3.46. The second-order valence-electron chi connectivity index (χ2n) is 3.01. The fraction of sp³-hybridized carbons (Fsp3) is 0.857. The fourth-order valence-electron chi connectivity index (χ4n) is 1.38. The van der Waals surface area contributed by atoms with Gasteiger partial charge in [-0.2, -0.15) is 0 Å². The number of Topliss-reactive ketones (excluding diaryl/α,β-unsaturated/α-hetero) is 1. The molecule has 0 aromatic rings. The second kappa shape index (κ2) is 1.57. The van der Waals surface area contributed by atoms with E-state index in [4.69, 9.17) is 4.74 Å². The van der Waals surface area contributed by atoms with Crippen molar-refractivity contribution < 1.29 is 9.53 Å². The minimum atomic E-state index is 0.188. The van der Waals surface area contributed by atoms with Gasteiger partial charge in [-0.25, -0.2) is 0 Å². The topological polar surface area (TPSA) is 29.6 Å². The van der Waals surface area contributed by atoms with E-state index in [1.807, 2.05) is 0 Å². The van der Waals surface area contributed by atoms with Gasteiger partial charge in [0.2, 0.25) is 0 Å². The summed E-state index contributed by atoms with van der Waals surface area (Å²) in [4.78, 5) is 10.7. The Morgan fingerprint density at radius 2 is 1.89 bits per heavy atom. The first-order valence-corrected chi connectivity index (χ1v) is 3.46. The van der Waals surface area contributed by atoms with Crippen molar-refractivity contribution in [2.75, 3.05) is 6.61 Å². The molecule has 1 saturated heterocycles. The monoisotopic (exact) mass is 126 g/mol. The number of epoxide rings is 1. The van der Waals surface area contributed by atoms with Crippen molar-refractivity contribution in [3.63, 3.8) is 0 Å². The van der Waals surface area contributed by atoms with Crippen molar-refractivity contribution in [2.45, 2.75) is 31.3 Å². The molecule has 0 atom stereocenters. The Hall–Kier alpha value is -0.370. The normalized spacial score (nSPS) is 30.9. The van der Waals surface area contributed by atoms with Gasteiger partial charge in [0.25, 0.3) is 0 Å². The quantitative estimate of drug-likeness (QED) is 0.451. The lowest BCUT2D eigenvalue weighted by Crippen LogP contribution is -2.20. The highest BCUT2D eigenvalue weighted by Crippen LogP contribution is 2.40. The highest BCUT2D eigenvalue weighted by Gasteiger charge is 2.46. The fourth-order valence-corrected chi connectivity index (χ4v) is 1.38. The molecule has 1 saturated carbocycles. The SMILES string of the molecule is O=C1CCC2(CC1)CO2. The van der Waals surface area contributed by atoms with Crippen LogP contribution in [0.4, 0.5) is 0 Å². The average Bonchev–Trinajstić information content (AvgIpc) is 2.60. The maximum Gasteiger partial charge on any atom is 0.133 e. The van der Waals surface area contributed by atoms with Crippen LogP contribution < -0.4 is 0 Å². The van der Waals surface area contributed by atoms with E-state index < -0.39 is 0 Å². The number of ether oxygens (including phenoxy) is 1. The third-order valence-corrected chi connectivity index (χ3v) is 2.27. The Balaban J connectivity index is 1.98. The van der Waals surface area contributed by atoms with E-state index in [1.54, 1.807) is 0 Å². The average molecular weight is 126 g/mol. The van der Waals surface area contributed by atoms with Crippen LogP contribution in [0.5, 0.6) is 0 Å². The number of hydrogen-bond donors (Lipinski definition) is 0. The Kier molecular flexibility index (Phi) is 0.943. The summed E-state index contributed by atoms with van der Waals surface area (Å²) in [6.45, 7) is 0.903. The zero-order valence-corrected chi connectivity index (χ0v) is 5.35. The van der Waals surface area contributed by atoms with E-state index in [1.165, 1.54) is 0 Å². The van der Waals surface area contributed by atoms with Crippen LogP contribution in [0, 0.1) is 0 Å². The highest BCUT2D eigenvalue weighted by molar-refractivity contribution is 5.79. The van der Waals surface area contributed by atoms with Gasteiger partial charge in [-0.15, -0.1) is 0 Å². The summed E-state index contributed by atoms with van der Waals surface area (Å²) >= 11 is 0. The Morgan fingerprint density at radius 3 is 2.33 bits per heavy atom. The maximum atomic E-state index is 10.7. The van der Waals surface area contributed by atoms with Gasteiger partial charge in [0.1, 0.15) is 5.78 Å². The van der Waals surface area contributed by atoms with E-state index in [0.717, 1.165) is 32.3 Å². The predicted octanol–water partition coefficient (Wildman–Crippen LogP) is 0.898. The number of ketones is 1. The van der Waals surface area contributed by atoms with Gasteiger partial charge in [0, 0.05) is 12.8 Å². The summed E-state index contributed by atoms with van der Waals surface area (Å²) in [5.74, 6) is 0.413. The molecule has 9 heavy (non-hydrogen) atoms. The molecule has 2 nitrogen and oxygen atoms in total. The molecule has 0 aromatic heterocycles. The van der Waals surface area contributed by atoms with Gasteiger partial charge in [0.15, 0.2) is 0 Å². The Bertz CT molecular complexity index is 135. The van der Waals surface area contributed by atoms with Crippen LogP contribution in [-0.4, -0.2) is 18.0 Å². The first-order chi connectivity index (χ1) is 4.31. The minimum absolute atomic E-state index is 0.188. The highest BCUT2D eigenvalue weighted by atomic mass is 16.6. The van der Waals surface area contributed by atoms with Gasteiger partial charge >= 0.3 is 0 Å². The van der Waals surface area contributed by atoms with Crippen LogP contribution in [-0.2, 0) is 9.53 Å². The molecule has 1 heterocycles. The first-order valence-electron chi connectivity index (χ1n) is 3.46. The van der Waals surface area contributed by atoms with E-state index >= 15 is 0 Å². The summed E-state index contributed by atoms with van der Waals surface area (Å²) in [7, 11) is 0. The van der Waals surface area contributed by atoms with Crippen LogP contribution in [0.15, 0.2) is 0 Å². The van der Waals surface area contributed by atoms with E-state index in [9.17, 15) is 4.79 Å². The van der Waals surface area contributed by atoms with Gasteiger partial charge in [0.05, 0.1) is 12.2 Å². The van der Waals surface area contributed by atoms with Gasteiger partial charge in [-0.3, -0.25) is 4.79 Å². The third kappa shape index (κ3) is 0.874. The third-order valence-electron chi connectivity index (χ3n) is 2.27. The predicted molar refractivity (Wildman–Crippen MR) is 32.2 cm³/mol. The van der Waals surface area contributed by atoms with Crippen LogP contribution in [0.2, 0.25) is 0 Å². The van der Waals surface area contributed by atoms with Crippen LogP contribution in [0.3, 0.4) is 0 Å². The van der Waals surface area contributed by atoms with Crippen LogP contribution in [0.1, 0.15) is 25.7 Å². The number of carbonyl (C=O) groups excluding carboxylic acids is 1. The number of hydrogen-bond acceptors (Lipinski definition) is 2. The van der Waals surface area contributed by atoms with Gasteiger partial charge in [-0.05, 0) is 12.8 Å². The molecule has 0 aromatic carbocycles. The van der Waals surface area contributed by atoms with Gasteiger partial charge in [-0.1, -0.05) is 0 Å². The molecular weight excluding hydrogens is 116 g/mol. The summed E-state index contributed by atoms with van der Waals surface area (Å²) in [6, 6.07) is 0. The molecule has 50 valence electrons. The maximum absolute atomic E-state index is 10.7. The lowest BCUT2D eigenvalue weighted by Gasteiger charge is -2.15. The zero-order chi connectivity index (χ0) is 6.32. The molecule has 0 bridgehead atoms. The zero-order valence-electron chi connectivity index (χ0n) is 5.35. The van der Waals surface area contributed by atoms with Crippen LogP contribution in [0.25, 0.3) is 0 Å². The summed E-state index contributed by atoms with van der Waals surface area (Å²) < 4.78 is 5.23. The first kappa shape index (κ1) is 5.42. The van der Waals surface area contributed by atoms with E-state index in [-0.39, 0.29) is 5.60 Å². The molecule has 0 radical (unpaired) electrons. The van der Waals surface area contributed by atoms with Crippen molar-refractivity contribution in [2.24, 2.45) is 0 Å². The molecular formula is C7H10O2. The summed E-state index contributed by atoms with van der Waals surface area (Å²) in [5, 5.41) is 0. The smallest absolute Gasteiger partial charge is 0.133 e. The second-order valence-corrected chi connectivity index (χ2v) is 3.01. The van der Waals surface area contributed by atoms with E-state index in [0.29, 0.717) is 5.78 Å². The van der Waals surface area contributed by atoms with Crippen molar-refractivity contribution in [3.05, 3.63) is 0 Å². The number of rotatable bonds is 0. The summed E-state index contributed by atoms with van der Waals surface area (Å²) in [5.41, 5.74) is 0.188. The molecule has 1 aliphatic carbocycles. The van der Waals surface area contributed by atoms with E-state index in [2.05, 4.69) is 0 Å². The lowest BCUT2D eigenvalue weighted by molar-refractivity contribution is -0.121. The molecule has 0 N–H and O–H groups in total. The minimum Gasteiger partial charge on any atom is -0.370 e. The molecule has 2 heteroatoms. The van der Waals surface area contributed by atoms with Crippen molar-refractivity contribution in [1.29, 1.82) is 0 Å². The van der Waals surface area contributed by atoms with Crippen molar-refractivity contribution >= 4 is 5.78 Å². The Labute approximate surface area is 54.2 Å². The lowest BCUT2D eigenvalue weighted by atomic mass is 9.89. The van der Waals surface area contributed by atoms with Gasteiger partial charge < -0.3 is 4.74 Å². The molecule has 1 aliphatic heterocycles. The van der Waals surface area contributed by atoms with Crippen molar-refractivity contribution in [1.82, 2.24) is 0 Å². The Morgan fingerprint density at radius 1 is 1.33 bits per heavy atom. The molecule has 0 amide bonds. The standard InChI is InChI=1S/C7H10O2/c8-6-1-3-7(4-2-6)5-9-7/h1-5H2. The number of carbonyl (C=O) groups is 1. The molecule has 2 aliphatic rings. The van der Waals surface area contributed by atoms with Crippen LogP contribution >= 0.6 is 0 Å². The molecule has 0 unspecified atom stereocenters. The van der Waals surface area contributed by atoms with Crippen molar-refractivity contribution in [3.8, 4) is 0 Å². The molecule has 2 fully saturated rings. The molecule has 2 rings (SSSR count). The molecule has 1 spiro atoms.